The Morgan fingerprint density at radius 3 is 2.61 bits per heavy atom. The Bertz CT molecular complexity index is 1150. The highest BCUT2D eigenvalue weighted by molar-refractivity contribution is 5.98. The second kappa shape index (κ2) is 8.75. The van der Waals surface area contributed by atoms with Crippen molar-refractivity contribution >= 4 is 17.3 Å². The van der Waals surface area contributed by atoms with Gasteiger partial charge in [-0.1, -0.05) is 0 Å². The summed E-state index contributed by atoms with van der Waals surface area (Å²) in [5.41, 5.74) is 2.42. The number of nitrogens with zero attached hydrogens (tertiary/aromatic N) is 3. The number of phenolic OH excluding ortho intramolecular Hbond substituents is 1. The molecule has 1 aliphatic rings. The van der Waals surface area contributed by atoms with Crippen LogP contribution in [0.5, 0.6) is 5.75 Å². The van der Waals surface area contributed by atoms with E-state index in [1.54, 1.807) is 22.7 Å². The van der Waals surface area contributed by atoms with Gasteiger partial charge in [0.15, 0.2) is 5.78 Å². The molecule has 0 spiro atoms. The Morgan fingerprint density at radius 2 is 1.90 bits per heavy atom. The van der Waals surface area contributed by atoms with Crippen molar-refractivity contribution in [3.8, 4) is 5.75 Å². The summed E-state index contributed by atoms with van der Waals surface area (Å²) in [6, 6.07) is 6.32. The minimum absolute atomic E-state index is 0.0706. The zero-order chi connectivity index (χ0) is 22.0. The monoisotopic (exact) mass is 422 g/mol. The molecule has 0 saturated carbocycles. The summed E-state index contributed by atoms with van der Waals surface area (Å²) in [6.07, 6.45) is 6.47. The van der Waals surface area contributed by atoms with Crippen LogP contribution in [0.3, 0.4) is 0 Å². The number of aromatic hydroxyl groups is 1. The van der Waals surface area contributed by atoms with Crippen LogP contribution in [-0.2, 0) is 11.2 Å². The number of nitrogens with one attached hydrogen (secondary N) is 1. The van der Waals surface area contributed by atoms with Gasteiger partial charge in [0, 0.05) is 54.8 Å². The van der Waals surface area contributed by atoms with Crippen molar-refractivity contribution in [3.63, 3.8) is 0 Å². The first-order valence-electron chi connectivity index (χ1n) is 10.6. The van der Waals surface area contributed by atoms with Gasteiger partial charge in [0.2, 0.25) is 11.6 Å². The number of hydrogen-bond donors (Lipinski definition) is 2. The minimum atomic E-state index is -0.225. The van der Waals surface area contributed by atoms with Gasteiger partial charge >= 0.3 is 0 Å². The zero-order valence-electron chi connectivity index (χ0n) is 17.5. The van der Waals surface area contributed by atoms with Gasteiger partial charge in [-0.15, -0.1) is 0 Å². The van der Waals surface area contributed by atoms with Gasteiger partial charge < -0.3 is 15.0 Å². The summed E-state index contributed by atoms with van der Waals surface area (Å²) in [5.74, 6) is 0.198. The van der Waals surface area contributed by atoms with Gasteiger partial charge in [-0.3, -0.25) is 18.8 Å². The number of Topliss-reactive ketones (excluding diaryl/α,β-unsaturated/α-hetero) is 1. The molecule has 1 saturated heterocycles. The molecular weight excluding hydrogens is 396 g/mol. The summed E-state index contributed by atoms with van der Waals surface area (Å²) in [4.78, 5) is 46.1. The summed E-state index contributed by atoms with van der Waals surface area (Å²) in [7, 11) is 0. The van der Waals surface area contributed by atoms with E-state index in [4.69, 9.17) is 0 Å². The van der Waals surface area contributed by atoms with Crippen molar-refractivity contribution in [2.45, 2.75) is 39.0 Å². The van der Waals surface area contributed by atoms with Crippen LogP contribution >= 0.6 is 0 Å². The summed E-state index contributed by atoms with van der Waals surface area (Å²) in [6.45, 7) is 3.04. The first-order valence-corrected chi connectivity index (χ1v) is 10.6. The van der Waals surface area contributed by atoms with E-state index in [-0.39, 0.29) is 28.9 Å². The second-order valence-corrected chi connectivity index (χ2v) is 8.12. The third kappa shape index (κ3) is 4.52. The Morgan fingerprint density at radius 1 is 1.19 bits per heavy atom. The number of aromatic amines is 1. The average molecular weight is 422 g/mol. The molecule has 1 amide bonds. The maximum atomic E-state index is 12.6. The molecule has 2 aromatic heterocycles. The number of hydrogen-bond acceptors (Lipinski definition) is 5. The van der Waals surface area contributed by atoms with E-state index in [0.29, 0.717) is 56.4 Å². The third-order valence-corrected chi connectivity index (χ3v) is 5.95. The summed E-state index contributed by atoms with van der Waals surface area (Å²) in [5, 5.41) is 9.37. The second-order valence-electron chi connectivity index (χ2n) is 8.12. The molecule has 0 atom stereocenters. The molecule has 3 heterocycles. The van der Waals surface area contributed by atoms with Gasteiger partial charge in [-0.2, -0.15) is 0 Å². The van der Waals surface area contributed by atoms with E-state index >= 15 is 0 Å². The maximum Gasteiger partial charge on any atom is 0.291 e. The summed E-state index contributed by atoms with van der Waals surface area (Å²) >= 11 is 0. The maximum absolute atomic E-state index is 12.6. The third-order valence-electron chi connectivity index (χ3n) is 5.95. The fraction of sp³-hybridized carbons (Fsp3) is 0.391. The zero-order valence-corrected chi connectivity index (χ0v) is 17.5. The average Bonchev–Trinajstić information content (AvgIpc) is 3.15. The molecule has 162 valence electrons. The Labute approximate surface area is 179 Å². The van der Waals surface area contributed by atoms with E-state index in [0.717, 1.165) is 11.4 Å². The van der Waals surface area contributed by atoms with E-state index < -0.39 is 0 Å². The SMILES string of the molecule is Cc1cnc2c(=O)[nH]c(CCCC(=O)N3CCC(C(=O)c4ccc(O)cc4)CC3)cn12. The van der Waals surface area contributed by atoms with Crippen LogP contribution in [0.15, 0.2) is 41.5 Å². The molecule has 0 unspecified atom stereocenters. The predicted octanol–water partition coefficient (Wildman–Crippen LogP) is 2.48. The van der Waals surface area contributed by atoms with Crippen molar-refractivity contribution in [1.29, 1.82) is 0 Å². The van der Waals surface area contributed by atoms with E-state index in [1.165, 1.54) is 12.1 Å². The van der Waals surface area contributed by atoms with Gasteiger partial charge in [0.05, 0.1) is 0 Å². The number of ketones is 1. The number of fused-ring (bicyclic) bond motifs is 1. The number of piperidine rings is 1. The molecule has 0 bridgehead atoms. The fourth-order valence-corrected chi connectivity index (χ4v) is 4.13. The highest BCUT2D eigenvalue weighted by Crippen LogP contribution is 2.23. The lowest BCUT2D eigenvalue weighted by Gasteiger charge is -2.31. The number of phenols is 1. The number of aryl methyl sites for hydroxylation is 2. The molecule has 4 rings (SSSR count). The molecule has 1 fully saturated rings. The topological polar surface area (TPSA) is 108 Å². The molecule has 2 N–H and O–H groups in total. The number of amides is 1. The number of imidazole rings is 1. The lowest BCUT2D eigenvalue weighted by Crippen LogP contribution is -2.40. The number of H-pyrrole nitrogens is 1. The molecule has 0 aliphatic carbocycles. The molecular formula is C23H26N4O4. The van der Waals surface area contributed by atoms with Crippen LogP contribution in [-0.4, -0.2) is 49.2 Å². The minimum Gasteiger partial charge on any atom is -0.508 e. The van der Waals surface area contributed by atoms with Crippen LogP contribution in [0, 0.1) is 12.8 Å². The van der Waals surface area contributed by atoms with Gasteiger partial charge in [0.25, 0.3) is 5.56 Å². The van der Waals surface area contributed by atoms with Crippen LogP contribution in [0.25, 0.3) is 5.65 Å². The molecule has 1 aliphatic heterocycles. The van der Waals surface area contributed by atoms with Crippen LogP contribution < -0.4 is 5.56 Å². The van der Waals surface area contributed by atoms with E-state index in [2.05, 4.69) is 9.97 Å². The number of rotatable bonds is 6. The first kappa shape index (κ1) is 20.8. The molecule has 8 nitrogen and oxygen atoms in total. The Kier molecular flexibility index (Phi) is 5.88. The largest absolute Gasteiger partial charge is 0.508 e. The van der Waals surface area contributed by atoms with Crippen LogP contribution in [0.2, 0.25) is 0 Å². The fourth-order valence-electron chi connectivity index (χ4n) is 4.13. The van der Waals surface area contributed by atoms with Crippen molar-refractivity contribution in [1.82, 2.24) is 19.3 Å². The molecule has 0 radical (unpaired) electrons. The standard InChI is InChI=1S/C23H26N4O4/c1-15-13-24-22-23(31)25-18(14-27(15)22)3-2-4-20(29)26-11-9-17(10-12-26)21(30)16-5-7-19(28)8-6-16/h5-8,13-14,17,28H,2-4,9-12H2,1H3,(H,25,31). The van der Waals surface area contributed by atoms with Crippen molar-refractivity contribution in [2.24, 2.45) is 5.92 Å². The first-order chi connectivity index (χ1) is 14.9. The predicted molar refractivity (Wildman–Crippen MR) is 115 cm³/mol. The number of carbonyl (C=O) groups excluding carboxylic acids is 2. The quantitative estimate of drug-likeness (QED) is 0.594. The highest BCUT2D eigenvalue weighted by Gasteiger charge is 2.27. The van der Waals surface area contributed by atoms with Crippen molar-refractivity contribution < 1.29 is 14.7 Å². The van der Waals surface area contributed by atoms with Crippen molar-refractivity contribution in [3.05, 3.63) is 64.0 Å². The molecule has 1 aromatic carbocycles. The number of aromatic nitrogens is 3. The van der Waals surface area contributed by atoms with Gasteiger partial charge in [-0.05, 0) is 56.9 Å². The highest BCUT2D eigenvalue weighted by atomic mass is 16.3. The Hall–Kier alpha value is -3.42. The molecule has 31 heavy (non-hydrogen) atoms. The van der Waals surface area contributed by atoms with E-state index in [1.807, 2.05) is 18.0 Å². The lowest BCUT2D eigenvalue weighted by molar-refractivity contribution is -0.132. The lowest BCUT2D eigenvalue weighted by atomic mass is 9.88. The van der Waals surface area contributed by atoms with Gasteiger partial charge in [0.1, 0.15) is 5.75 Å². The number of benzene rings is 1. The smallest absolute Gasteiger partial charge is 0.291 e. The number of likely N-dealkylation sites (tertiary alicyclic amines) is 1. The van der Waals surface area contributed by atoms with Gasteiger partial charge in [-0.25, -0.2) is 4.98 Å². The summed E-state index contributed by atoms with van der Waals surface area (Å²) < 4.78 is 1.77. The normalized spacial score (nSPS) is 14.8. The number of carbonyl (C=O) groups is 2. The molecule has 3 aromatic rings. The molecule has 8 heteroatoms. The van der Waals surface area contributed by atoms with Crippen LogP contribution in [0.4, 0.5) is 0 Å². The van der Waals surface area contributed by atoms with E-state index in [9.17, 15) is 19.5 Å². The Balaban J connectivity index is 1.27. The van der Waals surface area contributed by atoms with Crippen molar-refractivity contribution in [2.75, 3.05) is 13.1 Å². The van der Waals surface area contributed by atoms with Crippen LogP contribution in [0.1, 0.15) is 47.4 Å².